The molecule has 0 spiro atoms. The number of methoxy groups -OCH3 is 1. The molecule has 0 bridgehead atoms. The molecule has 1 N–H and O–H groups in total. The number of carbonyl (C=O) groups is 1. The van der Waals surface area contributed by atoms with Crippen LogP contribution in [0.3, 0.4) is 0 Å². The summed E-state index contributed by atoms with van der Waals surface area (Å²) in [6, 6.07) is 17.6. The SMILES string of the molecule is C=C(OC)C(=O)Nc1cccc(N2COCN(c3ccccc3)Cc3cnc(C)nc32)c1. The van der Waals surface area contributed by atoms with Gasteiger partial charge in [-0.15, -0.1) is 0 Å². The molecule has 0 unspecified atom stereocenters. The maximum Gasteiger partial charge on any atom is 0.290 e. The molecule has 2 aromatic carbocycles. The Labute approximate surface area is 187 Å². The minimum atomic E-state index is -0.398. The van der Waals surface area contributed by atoms with Gasteiger partial charge >= 0.3 is 0 Å². The highest BCUT2D eigenvalue weighted by molar-refractivity contribution is 6.02. The van der Waals surface area contributed by atoms with E-state index >= 15 is 0 Å². The Balaban J connectivity index is 1.66. The minimum absolute atomic E-state index is 0.0414. The highest BCUT2D eigenvalue weighted by atomic mass is 16.5. The van der Waals surface area contributed by atoms with Gasteiger partial charge in [-0.2, -0.15) is 0 Å². The highest BCUT2D eigenvalue weighted by Crippen LogP contribution is 2.32. The van der Waals surface area contributed by atoms with Crippen molar-refractivity contribution >= 4 is 28.8 Å². The van der Waals surface area contributed by atoms with E-state index in [2.05, 4.69) is 33.9 Å². The summed E-state index contributed by atoms with van der Waals surface area (Å²) in [6.07, 6.45) is 1.86. The van der Waals surface area contributed by atoms with Crippen LogP contribution >= 0.6 is 0 Å². The molecule has 0 atom stereocenters. The zero-order valence-corrected chi connectivity index (χ0v) is 18.1. The molecule has 1 aliphatic heterocycles. The van der Waals surface area contributed by atoms with E-state index in [1.165, 1.54) is 7.11 Å². The molecule has 0 saturated heterocycles. The molecule has 1 amide bonds. The molecule has 0 radical (unpaired) electrons. The summed E-state index contributed by atoms with van der Waals surface area (Å²) in [7, 11) is 1.41. The molecular weight excluding hydrogens is 406 g/mol. The van der Waals surface area contributed by atoms with Crippen molar-refractivity contribution in [2.45, 2.75) is 13.5 Å². The van der Waals surface area contributed by atoms with Crippen LogP contribution in [0.25, 0.3) is 0 Å². The van der Waals surface area contributed by atoms with Gasteiger partial charge in [0.15, 0.2) is 5.76 Å². The third kappa shape index (κ3) is 4.70. The first kappa shape index (κ1) is 21.3. The summed E-state index contributed by atoms with van der Waals surface area (Å²) in [6.45, 7) is 6.75. The summed E-state index contributed by atoms with van der Waals surface area (Å²) in [4.78, 5) is 25.4. The fraction of sp³-hybridized carbons (Fsp3) is 0.208. The maximum atomic E-state index is 12.1. The zero-order valence-electron chi connectivity index (χ0n) is 18.1. The summed E-state index contributed by atoms with van der Waals surface area (Å²) >= 11 is 0. The largest absolute Gasteiger partial charge is 0.492 e. The van der Waals surface area contributed by atoms with Gasteiger partial charge in [0, 0.05) is 28.8 Å². The first-order chi connectivity index (χ1) is 15.5. The quantitative estimate of drug-likeness (QED) is 0.484. The molecule has 2 heterocycles. The van der Waals surface area contributed by atoms with Crippen LogP contribution < -0.4 is 15.1 Å². The van der Waals surface area contributed by atoms with Crippen molar-refractivity contribution in [1.82, 2.24) is 9.97 Å². The molecule has 0 aliphatic carbocycles. The van der Waals surface area contributed by atoms with Gasteiger partial charge in [-0.05, 0) is 37.3 Å². The average Bonchev–Trinajstić information content (AvgIpc) is 2.80. The van der Waals surface area contributed by atoms with Gasteiger partial charge in [-0.25, -0.2) is 9.97 Å². The second-order valence-corrected chi connectivity index (χ2v) is 7.32. The molecule has 0 fully saturated rings. The lowest BCUT2D eigenvalue weighted by atomic mass is 10.2. The van der Waals surface area contributed by atoms with Crippen LogP contribution in [-0.2, 0) is 20.8 Å². The van der Waals surface area contributed by atoms with Crippen LogP contribution in [0.5, 0.6) is 0 Å². The van der Waals surface area contributed by atoms with E-state index in [1.807, 2.05) is 54.4 Å². The molecule has 1 aromatic heterocycles. The Bertz CT molecular complexity index is 1120. The van der Waals surface area contributed by atoms with Crippen molar-refractivity contribution in [3.05, 3.63) is 84.5 Å². The number of ether oxygens (including phenoxy) is 2. The number of nitrogens with one attached hydrogen (secondary N) is 1. The van der Waals surface area contributed by atoms with Crippen molar-refractivity contribution in [1.29, 1.82) is 0 Å². The number of para-hydroxylation sites is 1. The number of hydrogen-bond donors (Lipinski definition) is 1. The second kappa shape index (κ2) is 9.49. The fourth-order valence-corrected chi connectivity index (χ4v) is 3.43. The van der Waals surface area contributed by atoms with Crippen molar-refractivity contribution in [2.75, 3.05) is 35.7 Å². The minimum Gasteiger partial charge on any atom is -0.492 e. The van der Waals surface area contributed by atoms with Crippen LogP contribution in [-0.4, -0.2) is 36.4 Å². The van der Waals surface area contributed by atoms with Gasteiger partial charge in [0.05, 0.1) is 13.7 Å². The van der Waals surface area contributed by atoms with Crippen LogP contribution in [0.15, 0.2) is 73.1 Å². The molecule has 164 valence electrons. The van der Waals surface area contributed by atoms with Gasteiger partial charge in [-0.3, -0.25) is 4.79 Å². The molecular formula is C24H25N5O3. The number of aromatic nitrogens is 2. The summed E-state index contributed by atoms with van der Waals surface area (Å²) in [5.41, 5.74) is 3.49. The number of benzene rings is 2. The molecule has 8 heteroatoms. The Morgan fingerprint density at radius 1 is 1.12 bits per heavy atom. The second-order valence-electron chi connectivity index (χ2n) is 7.32. The van der Waals surface area contributed by atoms with Gasteiger partial charge in [-0.1, -0.05) is 30.8 Å². The molecule has 8 nitrogen and oxygen atoms in total. The lowest BCUT2D eigenvalue weighted by Crippen LogP contribution is -2.34. The molecule has 32 heavy (non-hydrogen) atoms. The van der Waals surface area contributed by atoms with E-state index in [-0.39, 0.29) is 12.5 Å². The summed E-state index contributed by atoms with van der Waals surface area (Å²) < 4.78 is 11.0. The van der Waals surface area contributed by atoms with Crippen LogP contribution in [0.4, 0.5) is 22.9 Å². The summed E-state index contributed by atoms with van der Waals surface area (Å²) in [5, 5.41) is 2.79. The van der Waals surface area contributed by atoms with E-state index in [1.54, 1.807) is 6.07 Å². The predicted octanol–water partition coefficient (Wildman–Crippen LogP) is 3.97. The van der Waals surface area contributed by atoms with E-state index in [4.69, 9.17) is 14.5 Å². The van der Waals surface area contributed by atoms with Crippen LogP contribution in [0, 0.1) is 6.92 Å². The number of nitrogens with zero attached hydrogens (tertiary/aromatic N) is 4. The lowest BCUT2D eigenvalue weighted by Gasteiger charge is -2.33. The third-order valence-corrected chi connectivity index (χ3v) is 5.08. The number of amides is 1. The number of rotatable bonds is 5. The fourth-order valence-electron chi connectivity index (χ4n) is 3.43. The maximum absolute atomic E-state index is 12.1. The highest BCUT2D eigenvalue weighted by Gasteiger charge is 2.22. The Kier molecular flexibility index (Phi) is 6.32. The van der Waals surface area contributed by atoms with Gasteiger partial charge < -0.3 is 24.6 Å². The standard InChI is InChI=1S/C24H25N5O3/c1-17(31-3)24(30)27-20-8-7-11-22(12-20)29-16-32-15-28(21-9-5-4-6-10-21)14-19-13-25-18(2)26-23(19)29/h4-13H,1,14-16H2,2-3H3,(H,27,30). The van der Waals surface area contributed by atoms with E-state index < -0.39 is 5.91 Å². The normalized spacial score (nSPS) is 13.6. The Hall–Kier alpha value is -3.91. The smallest absolute Gasteiger partial charge is 0.290 e. The van der Waals surface area contributed by atoms with Crippen LogP contribution in [0.2, 0.25) is 0 Å². The predicted molar refractivity (Wildman–Crippen MR) is 124 cm³/mol. The number of aryl methyl sites for hydroxylation is 1. The Morgan fingerprint density at radius 3 is 2.69 bits per heavy atom. The van der Waals surface area contributed by atoms with Crippen molar-refractivity contribution in [3.8, 4) is 0 Å². The topological polar surface area (TPSA) is 79.8 Å². The lowest BCUT2D eigenvalue weighted by molar-refractivity contribution is -0.115. The van der Waals surface area contributed by atoms with Crippen molar-refractivity contribution in [2.24, 2.45) is 0 Å². The van der Waals surface area contributed by atoms with E-state index in [0.717, 1.165) is 22.8 Å². The Morgan fingerprint density at radius 2 is 1.91 bits per heavy atom. The monoisotopic (exact) mass is 431 g/mol. The molecule has 3 aromatic rings. The van der Waals surface area contributed by atoms with Gasteiger partial charge in [0.1, 0.15) is 25.1 Å². The molecule has 4 rings (SSSR count). The molecule has 1 aliphatic rings. The number of anilines is 4. The summed E-state index contributed by atoms with van der Waals surface area (Å²) in [5.74, 6) is 1.08. The average molecular weight is 431 g/mol. The number of fused-ring (bicyclic) bond motifs is 1. The van der Waals surface area contributed by atoms with Crippen LogP contribution in [0.1, 0.15) is 11.4 Å². The first-order valence-corrected chi connectivity index (χ1v) is 10.2. The first-order valence-electron chi connectivity index (χ1n) is 10.2. The molecule has 0 saturated carbocycles. The zero-order chi connectivity index (χ0) is 22.5. The van der Waals surface area contributed by atoms with Crippen molar-refractivity contribution < 1.29 is 14.3 Å². The van der Waals surface area contributed by atoms with E-state index in [9.17, 15) is 4.79 Å². The third-order valence-electron chi connectivity index (χ3n) is 5.08. The van der Waals surface area contributed by atoms with Gasteiger partial charge in [0.2, 0.25) is 0 Å². The van der Waals surface area contributed by atoms with Gasteiger partial charge in [0.25, 0.3) is 5.91 Å². The van der Waals surface area contributed by atoms with E-state index in [0.29, 0.717) is 24.8 Å². The number of hydrogen-bond acceptors (Lipinski definition) is 7. The number of carbonyl (C=O) groups excluding carboxylic acids is 1. The van der Waals surface area contributed by atoms with Crippen molar-refractivity contribution in [3.63, 3.8) is 0 Å².